The topological polar surface area (TPSA) is 140 Å². The molecule has 34 heavy (non-hydrogen) atoms. The number of aryl methyl sites for hydroxylation is 2. The highest BCUT2D eigenvalue weighted by Crippen LogP contribution is 2.29. The van der Waals surface area contributed by atoms with Gasteiger partial charge >= 0.3 is 0 Å². The van der Waals surface area contributed by atoms with Crippen LogP contribution in [0.25, 0.3) is 5.82 Å². The SMILES string of the molecule is Cc1ccc(/C=N/NC(=O)c2nnn(-c3nonc3N)c2CN2CCCc3ccccc32)cc1. The van der Waals surface area contributed by atoms with Crippen molar-refractivity contribution in [2.75, 3.05) is 17.2 Å². The average Bonchev–Trinajstić information content (AvgIpc) is 3.46. The summed E-state index contributed by atoms with van der Waals surface area (Å²) < 4.78 is 6.13. The molecule has 172 valence electrons. The molecule has 1 aliphatic rings. The molecule has 0 bridgehead atoms. The number of carbonyl (C=O) groups excluding carboxylic acids is 1. The van der Waals surface area contributed by atoms with E-state index in [0.29, 0.717) is 12.2 Å². The number of hydrogen-bond donors (Lipinski definition) is 2. The summed E-state index contributed by atoms with van der Waals surface area (Å²) in [7, 11) is 0. The first-order valence-electron chi connectivity index (χ1n) is 10.9. The number of hydrogen-bond acceptors (Lipinski definition) is 9. The monoisotopic (exact) mass is 457 g/mol. The summed E-state index contributed by atoms with van der Waals surface area (Å²) in [6.45, 7) is 3.19. The summed E-state index contributed by atoms with van der Waals surface area (Å²) in [6.07, 6.45) is 3.57. The third kappa shape index (κ3) is 4.22. The molecule has 0 fully saturated rings. The zero-order valence-electron chi connectivity index (χ0n) is 18.5. The van der Waals surface area contributed by atoms with Crippen LogP contribution < -0.4 is 16.1 Å². The maximum absolute atomic E-state index is 13.0. The van der Waals surface area contributed by atoms with Crippen LogP contribution in [-0.2, 0) is 13.0 Å². The summed E-state index contributed by atoms with van der Waals surface area (Å²) in [4.78, 5) is 15.2. The Hall–Kier alpha value is -4.54. The van der Waals surface area contributed by atoms with Gasteiger partial charge in [0.2, 0.25) is 11.6 Å². The maximum atomic E-state index is 13.0. The molecule has 2 aromatic heterocycles. The van der Waals surface area contributed by atoms with Gasteiger partial charge in [-0.1, -0.05) is 53.2 Å². The lowest BCUT2D eigenvalue weighted by atomic mass is 10.0. The first-order valence-corrected chi connectivity index (χ1v) is 10.9. The molecule has 0 saturated heterocycles. The van der Waals surface area contributed by atoms with Crippen LogP contribution in [-0.4, -0.2) is 44.0 Å². The molecule has 5 rings (SSSR count). The summed E-state index contributed by atoms with van der Waals surface area (Å²) in [5.74, 6) is -0.269. The van der Waals surface area contributed by atoms with Crippen molar-refractivity contribution in [2.24, 2.45) is 5.10 Å². The van der Waals surface area contributed by atoms with Gasteiger partial charge in [0.1, 0.15) is 0 Å². The van der Waals surface area contributed by atoms with Crippen molar-refractivity contribution >= 4 is 23.6 Å². The summed E-state index contributed by atoms with van der Waals surface area (Å²) >= 11 is 0. The smallest absolute Gasteiger partial charge is 0.293 e. The van der Waals surface area contributed by atoms with E-state index in [4.69, 9.17) is 10.4 Å². The highest BCUT2D eigenvalue weighted by atomic mass is 16.6. The second-order valence-corrected chi connectivity index (χ2v) is 8.03. The van der Waals surface area contributed by atoms with Gasteiger partial charge in [-0.25, -0.2) is 10.1 Å². The Bertz CT molecular complexity index is 1340. The van der Waals surface area contributed by atoms with E-state index in [1.165, 1.54) is 10.2 Å². The minimum absolute atomic E-state index is 0.0505. The second kappa shape index (κ2) is 9.14. The zero-order valence-corrected chi connectivity index (χ0v) is 18.5. The molecule has 0 atom stereocenters. The molecule has 3 N–H and O–H groups in total. The minimum atomic E-state index is -0.495. The van der Waals surface area contributed by atoms with Gasteiger partial charge in [0.15, 0.2) is 5.69 Å². The van der Waals surface area contributed by atoms with Crippen LogP contribution in [0.2, 0.25) is 0 Å². The van der Waals surface area contributed by atoms with Gasteiger partial charge in [-0.3, -0.25) is 4.79 Å². The number of hydrazone groups is 1. The van der Waals surface area contributed by atoms with Gasteiger partial charge in [0.05, 0.1) is 18.5 Å². The molecular weight excluding hydrogens is 434 g/mol. The van der Waals surface area contributed by atoms with E-state index in [9.17, 15) is 4.79 Å². The van der Waals surface area contributed by atoms with Crippen molar-refractivity contribution in [2.45, 2.75) is 26.3 Å². The maximum Gasteiger partial charge on any atom is 0.293 e. The van der Waals surface area contributed by atoms with Gasteiger partial charge in [0, 0.05) is 12.2 Å². The number of fused-ring (bicyclic) bond motifs is 1. The van der Waals surface area contributed by atoms with Crippen LogP contribution in [0.5, 0.6) is 0 Å². The van der Waals surface area contributed by atoms with E-state index in [1.54, 1.807) is 6.21 Å². The number of para-hydroxylation sites is 1. The van der Waals surface area contributed by atoms with Crippen molar-refractivity contribution in [1.29, 1.82) is 0 Å². The van der Waals surface area contributed by atoms with Crippen LogP contribution in [0.3, 0.4) is 0 Å². The molecule has 1 amide bonds. The fraction of sp³-hybridized carbons (Fsp3) is 0.217. The largest absolute Gasteiger partial charge is 0.378 e. The number of benzene rings is 2. The van der Waals surface area contributed by atoms with Crippen LogP contribution in [0.15, 0.2) is 58.3 Å². The molecule has 0 radical (unpaired) electrons. The Kier molecular flexibility index (Phi) is 5.73. The number of amides is 1. The standard InChI is InChI=1S/C23H23N9O2/c1-15-8-10-16(11-9-15)13-25-27-23(33)20-19(32(30-26-20)22-21(24)28-34-29-22)14-31-12-4-6-17-5-2-3-7-18(17)31/h2-3,5,7-11,13H,4,6,12,14H2,1H3,(H2,24,28)(H,27,33)/b25-13+. The molecule has 11 heteroatoms. The van der Waals surface area contributed by atoms with Gasteiger partial charge in [0.25, 0.3) is 5.91 Å². The van der Waals surface area contributed by atoms with Gasteiger partial charge in [-0.05, 0) is 47.3 Å². The van der Waals surface area contributed by atoms with Gasteiger partial charge < -0.3 is 10.6 Å². The fourth-order valence-corrected chi connectivity index (χ4v) is 3.96. The average molecular weight is 457 g/mol. The Morgan fingerprint density at radius 1 is 1.21 bits per heavy atom. The van der Waals surface area contributed by atoms with E-state index in [-0.39, 0.29) is 17.3 Å². The van der Waals surface area contributed by atoms with E-state index >= 15 is 0 Å². The summed E-state index contributed by atoms with van der Waals surface area (Å²) in [5.41, 5.74) is 13.4. The van der Waals surface area contributed by atoms with Crippen molar-refractivity contribution < 1.29 is 9.42 Å². The lowest BCUT2D eigenvalue weighted by Crippen LogP contribution is -2.31. The van der Waals surface area contributed by atoms with E-state index in [0.717, 1.165) is 36.2 Å². The number of nitrogen functional groups attached to an aromatic ring is 1. The van der Waals surface area contributed by atoms with Crippen molar-refractivity contribution in [3.05, 3.63) is 76.6 Å². The molecule has 3 heterocycles. The molecule has 1 aliphatic heterocycles. The van der Waals surface area contributed by atoms with Crippen molar-refractivity contribution in [1.82, 2.24) is 30.7 Å². The second-order valence-electron chi connectivity index (χ2n) is 8.03. The summed E-state index contributed by atoms with van der Waals surface area (Å²) in [5, 5.41) is 19.8. The van der Waals surface area contributed by atoms with Gasteiger partial charge in [-0.2, -0.15) is 9.78 Å². The Morgan fingerprint density at radius 2 is 2.03 bits per heavy atom. The molecular formula is C23H23N9O2. The lowest BCUT2D eigenvalue weighted by Gasteiger charge is -2.31. The highest BCUT2D eigenvalue weighted by Gasteiger charge is 2.27. The first kappa shape index (κ1) is 21.3. The zero-order chi connectivity index (χ0) is 23.5. The lowest BCUT2D eigenvalue weighted by molar-refractivity contribution is 0.0949. The van der Waals surface area contributed by atoms with Crippen LogP contribution in [0, 0.1) is 6.92 Å². The number of nitrogens with zero attached hydrogens (tertiary/aromatic N) is 7. The number of nitrogens with two attached hydrogens (primary N) is 1. The number of rotatable bonds is 6. The molecule has 0 unspecified atom stereocenters. The summed E-state index contributed by atoms with van der Waals surface area (Å²) in [6, 6.07) is 16.0. The third-order valence-electron chi connectivity index (χ3n) is 5.68. The van der Waals surface area contributed by atoms with E-state index < -0.39 is 5.91 Å². The van der Waals surface area contributed by atoms with Crippen LogP contribution in [0.1, 0.15) is 39.3 Å². The molecule has 0 saturated carbocycles. The number of anilines is 2. The van der Waals surface area contributed by atoms with E-state index in [1.807, 2.05) is 43.3 Å². The Labute approximate surface area is 195 Å². The number of carbonyl (C=O) groups is 1. The molecule has 11 nitrogen and oxygen atoms in total. The van der Waals surface area contributed by atoms with Crippen molar-refractivity contribution in [3.8, 4) is 5.82 Å². The quantitative estimate of drug-likeness (QED) is 0.332. The molecule has 4 aromatic rings. The highest BCUT2D eigenvalue weighted by molar-refractivity contribution is 5.94. The predicted molar refractivity (Wildman–Crippen MR) is 126 cm³/mol. The number of nitrogens with one attached hydrogen (secondary N) is 1. The van der Waals surface area contributed by atoms with Crippen molar-refractivity contribution in [3.63, 3.8) is 0 Å². The van der Waals surface area contributed by atoms with Gasteiger partial charge in [-0.15, -0.1) is 5.10 Å². The minimum Gasteiger partial charge on any atom is -0.378 e. The predicted octanol–water partition coefficient (Wildman–Crippen LogP) is 2.26. The Morgan fingerprint density at radius 3 is 2.82 bits per heavy atom. The molecule has 0 spiro atoms. The van der Waals surface area contributed by atoms with Crippen LogP contribution >= 0.6 is 0 Å². The Balaban J connectivity index is 1.45. The normalized spacial score (nSPS) is 13.3. The molecule has 0 aliphatic carbocycles. The number of aromatic nitrogens is 5. The van der Waals surface area contributed by atoms with E-state index in [2.05, 4.69) is 48.2 Å². The third-order valence-corrected chi connectivity index (χ3v) is 5.68. The van der Waals surface area contributed by atoms with Crippen LogP contribution in [0.4, 0.5) is 11.5 Å². The first-order chi connectivity index (χ1) is 16.6. The fourth-order valence-electron chi connectivity index (χ4n) is 3.96. The molecule has 2 aromatic carbocycles.